The first kappa shape index (κ1) is 23.7. The monoisotopic (exact) mass is 430 g/mol. The molecular formula is C24H42N6O. The van der Waals surface area contributed by atoms with E-state index >= 15 is 0 Å². The van der Waals surface area contributed by atoms with Crippen LogP contribution in [0.2, 0.25) is 0 Å². The Labute approximate surface area is 189 Å². The summed E-state index contributed by atoms with van der Waals surface area (Å²) in [5.41, 5.74) is 1.18. The molecule has 1 aromatic carbocycles. The van der Waals surface area contributed by atoms with E-state index in [-0.39, 0.29) is 0 Å². The van der Waals surface area contributed by atoms with Crippen LogP contribution in [0.5, 0.6) is 5.75 Å². The number of hydrogen-bond acceptors (Lipinski definition) is 5. The van der Waals surface area contributed by atoms with E-state index in [1.54, 1.807) is 7.11 Å². The summed E-state index contributed by atoms with van der Waals surface area (Å²) >= 11 is 0. The van der Waals surface area contributed by atoms with Crippen molar-refractivity contribution in [2.75, 3.05) is 84.5 Å². The summed E-state index contributed by atoms with van der Waals surface area (Å²) in [6.45, 7) is 17.0. The first-order chi connectivity index (χ1) is 15.0. The lowest BCUT2D eigenvalue weighted by molar-refractivity contribution is 0.0924. The summed E-state index contributed by atoms with van der Waals surface area (Å²) < 4.78 is 5.56. The summed E-state index contributed by atoms with van der Waals surface area (Å²) in [6.07, 6.45) is 0. The SMILES string of the molecule is CCNC(=NCC(C(C)C)N1CCN(C)CC1)N1CCN(c2ccccc2OC)CC1. The molecule has 2 aliphatic rings. The molecule has 0 amide bonds. The largest absolute Gasteiger partial charge is 0.495 e. The molecule has 2 heterocycles. The van der Waals surface area contributed by atoms with Gasteiger partial charge in [0.05, 0.1) is 19.3 Å². The highest BCUT2D eigenvalue weighted by atomic mass is 16.5. The van der Waals surface area contributed by atoms with E-state index in [2.05, 4.69) is 64.9 Å². The van der Waals surface area contributed by atoms with Gasteiger partial charge in [0.15, 0.2) is 5.96 Å². The smallest absolute Gasteiger partial charge is 0.194 e. The van der Waals surface area contributed by atoms with Crippen LogP contribution in [-0.2, 0) is 0 Å². The Morgan fingerprint density at radius 2 is 1.71 bits per heavy atom. The molecule has 0 saturated carbocycles. The third kappa shape index (κ3) is 6.26. The first-order valence-electron chi connectivity index (χ1n) is 11.9. The Bertz CT molecular complexity index is 693. The predicted molar refractivity (Wildman–Crippen MR) is 130 cm³/mol. The maximum absolute atomic E-state index is 5.56. The third-order valence-corrected chi connectivity index (χ3v) is 6.54. The van der Waals surface area contributed by atoms with Crippen LogP contribution in [-0.4, -0.2) is 106 Å². The number of benzene rings is 1. The van der Waals surface area contributed by atoms with Crippen LogP contribution in [0.1, 0.15) is 20.8 Å². The van der Waals surface area contributed by atoms with Gasteiger partial charge in [-0.1, -0.05) is 26.0 Å². The van der Waals surface area contributed by atoms with Crippen molar-refractivity contribution in [3.63, 3.8) is 0 Å². The Kier molecular flexibility index (Phi) is 8.84. The Morgan fingerprint density at radius 1 is 1.03 bits per heavy atom. The van der Waals surface area contributed by atoms with E-state index in [4.69, 9.17) is 9.73 Å². The van der Waals surface area contributed by atoms with Crippen molar-refractivity contribution in [1.82, 2.24) is 20.0 Å². The molecule has 174 valence electrons. The number of methoxy groups -OCH3 is 1. The molecule has 31 heavy (non-hydrogen) atoms. The number of guanidine groups is 1. The van der Waals surface area contributed by atoms with Crippen LogP contribution in [0, 0.1) is 5.92 Å². The molecule has 2 saturated heterocycles. The lowest BCUT2D eigenvalue weighted by Gasteiger charge is -2.40. The Balaban J connectivity index is 1.62. The average Bonchev–Trinajstić information content (AvgIpc) is 2.79. The van der Waals surface area contributed by atoms with E-state index in [0.717, 1.165) is 77.2 Å². The zero-order valence-corrected chi connectivity index (χ0v) is 20.2. The molecule has 0 bridgehead atoms. The number of ether oxygens (including phenoxy) is 1. The molecule has 7 nitrogen and oxygen atoms in total. The average molecular weight is 431 g/mol. The summed E-state index contributed by atoms with van der Waals surface area (Å²) in [6, 6.07) is 8.80. The maximum Gasteiger partial charge on any atom is 0.194 e. The fourth-order valence-electron chi connectivity index (χ4n) is 4.56. The molecule has 0 aliphatic carbocycles. The number of rotatable bonds is 7. The lowest BCUT2D eigenvalue weighted by atomic mass is 10.0. The minimum Gasteiger partial charge on any atom is -0.495 e. The maximum atomic E-state index is 5.56. The fourth-order valence-corrected chi connectivity index (χ4v) is 4.56. The van der Waals surface area contributed by atoms with Gasteiger partial charge in [-0.2, -0.15) is 0 Å². The van der Waals surface area contributed by atoms with E-state index < -0.39 is 0 Å². The summed E-state index contributed by atoms with van der Waals surface area (Å²) in [7, 11) is 3.96. The van der Waals surface area contributed by atoms with Crippen molar-refractivity contribution >= 4 is 11.6 Å². The van der Waals surface area contributed by atoms with Gasteiger partial charge in [-0.15, -0.1) is 0 Å². The van der Waals surface area contributed by atoms with Crippen LogP contribution in [0.3, 0.4) is 0 Å². The molecule has 1 N–H and O–H groups in total. The van der Waals surface area contributed by atoms with Crippen molar-refractivity contribution < 1.29 is 4.74 Å². The molecule has 7 heteroatoms. The van der Waals surface area contributed by atoms with Gasteiger partial charge >= 0.3 is 0 Å². The molecule has 1 aromatic rings. The van der Waals surface area contributed by atoms with E-state index in [1.165, 1.54) is 5.69 Å². The zero-order valence-electron chi connectivity index (χ0n) is 20.2. The second-order valence-corrected chi connectivity index (χ2v) is 8.99. The van der Waals surface area contributed by atoms with Crippen LogP contribution in [0.15, 0.2) is 29.3 Å². The van der Waals surface area contributed by atoms with Crippen LogP contribution in [0.4, 0.5) is 5.69 Å². The summed E-state index contributed by atoms with van der Waals surface area (Å²) in [5.74, 6) is 2.60. The minimum atomic E-state index is 0.497. The van der Waals surface area contributed by atoms with Gasteiger partial charge in [-0.25, -0.2) is 0 Å². The molecule has 2 fully saturated rings. The second kappa shape index (κ2) is 11.6. The number of para-hydroxylation sites is 2. The number of likely N-dealkylation sites (N-methyl/N-ethyl adjacent to an activating group) is 1. The predicted octanol–water partition coefficient (Wildman–Crippen LogP) is 2.05. The van der Waals surface area contributed by atoms with Gasteiger partial charge in [-0.05, 0) is 32.0 Å². The number of aliphatic imine (C=N–C) groups is 1. The van der Waals surface area contributed by atoms with Crippen molar-refractivity contribution in [2.45, 2.75) is 26.8 Å². The van der Waals surface area contributed by atoms with Crippen LogP contribution < -0.4 is 15.0 Å². The van der Waals surface area contributed by atoms with E-state index in [0.29, 0.717) is 12.0 Å². The molecule has 0 aromatic heterocycles. The third-order valence-electron chi connectivity index (χ3n) is 6.54. The second-order valence-electron chi connectivity index (χ2n) is 8.99. The zero-order chi connectivity index (χ0) is 22.2. The molecule has 0 radical (unpaired) electrons. The molecule has 3 rings (SSSR count). The van der Waals surface area contributed by atoms with Gasteiger partial charge in [0.2, 0.25) is 0 Å². The molecule has 0 spiro atoms. The van der Waals surface area contributed by atoms with Crippen molar-refractivity contribution in [2.24, 2.45) is 10.9 Å². The lowest BCUT2D eigenvalue weighted by Crippen LogP contribution is -2.54. The molecule has 1 atom stereocenters. The van der Waals surface area contributed by atoms with Crippen LogP contribution >= 0.6 is 0 Å². The van der Waals surface area contributed by atoms with Gasteiger partial charge < -0.3 is 24.8 Å². The Morgan fingerprint density at radius 3 is 2.32 bits per heavy atom. The molecular weight excluding hydrogens is 388 g/mol. The van der Waals surface area contributed by atoms with Crippen molar-refractivity contribution in [1.29, 1.82) is 0 Å². The minimum absolute atomic E-state index is 0.497. The van der Waals surface area contributed by atoms with Gasteiger partial charge in [-0.3, -0.25) is 9.89 Å². The standard InChI is InChI=1S/C24H42N6O/c1-6-25-24(26-19-22(20(2)3)29-13-11-27(4)12-14-29)30-17-15-28(16-18-30)21-9-7-8-10-23(21)31-5/h7-10,20,22H,6,11-19H2,1-5H3,(H,25,26). The van der Waals surface area contributed by atoms with E-state index in [9.17, 15) is 0 Å². The van der Waals surface area contributed by atoms with Gasteiger partial charge in [0, 0.05) is 64.9 Å². The topological polar surface area (TPSA) is 46.6 Å². The molecule has 2 aliphatic heterocycles. The Hall–Kier alpha value is -1.99. The number of nitrogens with zero attached hydrogens (tertiary/aromatic N) is 5. The number of hydrogen-bond donors (Lipinski definition) is 1. The van der Waals surface area contributed by atoms with Gasteiger partial charge in [0.25, 0.3) is 0 Å². The highest BCUT2D eigenvalue weighted by Gasteiger charge is 2.26. The number of anilines is 1. The highest BCUT2D eigenvalue weighted by Crippen LogP contribution is 2.28. The normalized spacial score (nSPS) is 20.3. The quantitative estimate of drug-likeness (QED) is 0.528. The number of piperazine rings is 2. The summed E-state index contributed by atoms with van der Waals surface area (Å²) in [5, 5.41) is 3.54. The molecule has 1 unspecified atom stereocenters. The summed E-state index contributed by atoms with van der Waals surface area (Å²) in [4.78, 5) is 15.0. The highest BCUT2D eigenvalue weighted by molar-refractivity contribution is 5.80. The van der Waals surface area contributed by atoms with Gasteiger partial charge in [0.1, 0.15) is 5.75 Å². The fraction of sp³-hybridized carbons (Fsp3) is 0.708. The van der Waals surface area contributed by atoms with Crippen LogP contribution in [0.25, 0.3) is 0 Å². The first-order valence-corrected chi connectivity index (χ1v) is 11.9. The number of nitrogens with one attached hydrogen (secondary N) is 1. The van der Waals surface area contributed by atoms with Crippen molar-refractivity contribution in [3.8, 4) is 5.75 Å². The van der Waals surface area contributed by atoms with E-state index in [1.807, 2.05) is 12.1 Å². The van der Waals surface area contributed by atoms with Crippen molar-refractivity contribution in [3.05, 3.63) is 24.3 Å².